The molecule has 0 saturated carbocycles. The van der Waals surface area contributed by atoms with Crippen molar-refractivity contribution in [3.05, 3.63) is 238 Å². The van der Waals surface area contributed by atoms with E-state index in [0.717, 1.165) is 66.7 Å². The number of benzene rings is 9. The second-order valence-electron chi connectivity index (χ2n) is 22.3. The van der Waals surface area contributed by atoms with E-state index in [1.54, 1.807) is 0 Å². The Morgan fingerprint density at radius 2 is 0.490 bits per heavy atom. The standard InChI is InChI=1S/C67H44F18N6O11/c68-62(69,70)59(63(71,72)73,35-8-18-49(92)43(86)25-35)37-10-20-51(94)45(27-37)88-55(98)31-4-14-41(15-5-31)102-42-16-6-32(7-17-42)56(99)89-46-29-39(12-22-52(46)95)61(66(80,81)82,67(83,84)85)40-13-23-54(97)48(30-40)91-58(101)34-3-1-2-33(24-34)57(100)90-47-28-38(11-21-53(47)96)60(64(74,75)76,65(77,78)79)36-9-19-50(93)44(87)26-36/h1-30,92-97H,86-87H2,(H,88,98)(H,89,99)(H,90,100)(H,91,101). The van der Waals surface area contributed by atoms with Crippen LogP contribution in [-0.2, 0) is 16.2 Å². The van der Waals surface area contributed by atoms with E-state index in [1.165, 1.54) is 0 Å². The molecule has 0 bridgehead atoms. The van der Waals surface area contributed by atoms with Gasteiger partial charge in [0.1, 0.15) is 46.0 Å². The van der Waals surface area contributed by atoms with Crippen LogP contribution >= 0.6 is 0 Å². The van der Waals surface area contributed by atoms with E-state index in [-0.39, 0.29) is 83.3 Å². The van der Waals surface area contributed by atoms with Crippen molar-refractivity contribution in [2.45, 2.75) is 53.3 Å². The van der Waals surface area contributed by atoms with Gasteiger partial charge in [-0.1, -0.05) is 42.5 Å². The number of rotatable bonds is 16. The molecule has 0 radical (unpaired) electrons. The van der Waals surface area contributed by atoms with Crippen molar-refractivity contribution in [1.29, 1.82) is 0 Å². The van der Waals surface area contributed by atoms with E-state index in [9.17, 15) is 103 Å². The van der Waals surface area contributed by atoms with Crippen LogP contribution in [-0.4, -0.2) is 91.3 Å². The van der Waals surface area contributed by atoms with Crippen LogP contribution in [0.4, 0.5) is 113 Å². The molecule has 17 nitrogen and oxygen atoms in total. The number of nitrogens with two attached hydrogens (primary N) is 2. The number of ether oxygens (including phenoxy) is 1. The van der Waals surface area contributed by atoms with E-state index in [4.69, 9.17) is 16.2 Å². The maximum Gasteiger partial charge on any atom is 0.411 e. The number of aromatic hydroxyl groups is 6. The molecule has 4 amide bonds. The monoisotopic (exact) mass is 1450 g/mol. The van der Waals surface area contributed by atoms with Crippen molar-refractivity contribution in [1.82, 2.24) is 0 Å². The zero-order valence-electron chi connectivity index (χ0n) is 50.5. The first-order valence-corrected chi connectivity index (χ1v) is 28.4. The summed E-state index contributed by atoms with van der Waals surface area (Å²) in [5.41, 5.74) is -21.6. The Bertz CT molecular complexity index is 4710. The quantitative estimate of drug-likeness (QED) is 0.0244. The molecule has 534 valence electrons. The van der Waals surface area contributed by atoms with Gasteiger partial charge in [0, 0.05) is 22.3 Å². The highest BCUT2D eigenvalue weighted by Crippen LogP contribution is 2.61. The number of nitrogen functional groups attached to an aromatic ring is 2. The Hall–Kier alpha value is -12.2. The minimum atomic E-state index is -6.43. The second kappa shape index (κ2) is 26.5. The van der Waals surface area contributed by atoms with Crippen LogP contribution in [0, 0.1) is 0 Å². The highest BCUT2D eigenvalue weighted by Gasteiger charge is 2.75. The topological polar surface area (TPSA) is 299 Å². The van der Waals surface area contributed by atoms with Gasteiger partial charge < -0.3 is 68.1 Å². The predicted octanol–water partition coefficient (Wildman–Crippen LogP) is 16.1. The first-order valence-electron chi connectivity index (χ1n) is 28.4. The molecule has 0 aliphatic carbocycles. The number of hydrogen-bond donors (Lipinski definition) is 12. The number of alkyl halides is 18. The molecule has 35 heteroatoms. The second-order valence-corrected chi connectivity index (χ2v) is 22.3. The third kappa shape index (κ3) is 13.4. The average molecular weight is 1450 g/mol. The minimum absolute atomic E-state index is 0.0591. The number of phenolic OH excluding ortho intramolecular Hbond substituents is 6. The van der Waals surface area contributed by atoms with Gasteiger partial charge in [0.25, 0.3) is 23.6 Å². The van der Waals surface area contributed by atoms with Crippen LogP contribution in [0.2, 0.25) is 0 Å². The number of nitrogens with one attached hydrogen (secondary N) is 4. The highest BCUT2D eigenvalue weighted by molar-refractivity contribution is 6.10. The summed E-state index contributed by atoms with van der Waals surface area (Å²) in [4.78, 5) is 54.0. The fraction of sp³-hybridized carbons (Fsp3) is 0.134. The van der Waals surface area contributed by atoms with Crippen molar-refractivity contribution < 1.29 is 134 Å². The molecule has 0 aromatic heterocycles. The van der Waals surface area contributed by atoms with Gasteiger partial charge in [-0.05, 0) is 173 Å². The van der Waals surface area contributed by atoms with Crippen LogP contribution in [0.15, 0.2) is 182 Å². The maximum atomic E-state index is 15.6. The third-order valence-electron chi connectivity index (χ3n) is 16.0. The van der Waals surface area contributed by atoms with Gasteiger partial charge >= 0.3 is 37.1 Å². The van der Waals surface area contributed by atoms with E-state index < -0.39 is 190 Å². The molecule has 0 aliphatic rings. The van der Waals surface area contributed by atoms with Gasteiger partial charge in [-0.15, -0.1) is 0 Å². The van der Waals surface area contributed by atoms with Crippen LogP contribution < -0.4 is 37.5 Å². The number of phenols is 6. The first kappa shape index (κ1) is 74.0. The van der Waals surface area contributed by atoms with Crippen LogP contribution in [0.5, 0.6) is 46.0 Å². The first-order chi connectivity index (χ1) is 47.3. The largest absolute Gasteiger partial charge is 0.506 e. The zero-order valence-corrected chi connectivity index (χ0v) is 50.5. The van der Waals surface area contributed by atoms with E-state index in [0.29, 0.717) is 54.6 Å². The summed E-state index contributed by atoms with van der Waals surface area (Å²) in [6.07, 6.45) is -37.6. The molecule has 14 N–H and O–H groups in total. The molecule has 102 heavy (non-hydrogen) atoms. The smallest absolute Gasteiger partial charge is 0.411 e. The summed E-state index contributed by atoms with van der Waals surface area (Å²) < 4.78 is 277. The van der Waals surface area contributed by atoms with Crippen molar-refractivity contribution in [3.63, 3.8) is 0 Å². The van der Waals surface area contributed by atoms with Gasteiger partial charge in [0.05, 0.1) is 34.1 Å². The molecule has 0 atom stereocenters. The maximum absolute atomic E-state index is 15.6. The Labute approximate surface area is 559 Å². The predicted molar refractivity (Wildman–Crippen MR) is 327 cm³/mol. The van der Waals surface area contributed by atoms with Gasteiger partial charge in [0.2, 0.25) is 16.2 Å². The van der Waals surface area contributed by atoms with Crippen molar-refractivity contribution >= 4 is 57.8 Å². The van der Waals surface area contributed by atoms with Gasteiger partial charge in [-0.2, -0.15) is 79.0 Å². The Kier molecular flexibility index (Phi) is 19.2. The molecular weight excluding hydrogens is 1410 g/mol. The van der Waals surface area contributed by atoms with Crippen LogP contribution in [0.3, 0.4) is 0 Å². The normalized spacial score (nSPS) is 12.7. The molecule has 0 heterocycles. The lowest BCUT2D eigenvalue weighted by Gasteiger charge is -2.38. The molecule has 0 aliphatic heterocycles. The molecule has 0 saturated heterocycles. The van der Waals surface area contributed by atoms with Crippen LogP contribution in [0.25, 0.3) is 0 Å². The number of amides is 4. The molecule has 0 spiro atoms. The van der Waals surface area contributed by atoms with E-state index in [1.807, 2.05) is 21.3 Å². The molecule has 9 aromatic carbocycles. The fourth-order valence-electron chi connectivity index (χ4n) is 11.1. The molecule has 0 fully saturated rings. The van der Waals surface area contributed by atoms with Gasteiger partial charge in [-0.3, -0.25) is 19.2 Å². The molecule has 9 aromatic rings. The summed E-state index contributed by atoms with van der Waals surface area (Å²) in [7, 11) is 0. The minimum Gasteiger partial charge on any atom is -0.506 e. The average Bonchev–Trinajstić information content (AvgIpc) is 0.724. The summed E-state index contributed by atoms with van der Waals surface area (Å²) >= 11 is 0. The van der Waals surface area contributed by atoms with E-state index in [2.05, 4.69) is 0 Å². The molecular formula is C67H44F18N6O11. The lowest BCUT2D eigenvalue weighted by atomic mass is 9.72. The summed E-state index contributed by atoms with van der Waals surface area (Å²) in [5.74, 6) is -11.6. The summed E-state index contributed by atoms with van der Waals surface area (Å²) in [6.45, 7) is 0. The lowest BCUT2D eigenvalue weighted by molar-refractivity contribution is -0.290. The number of halogens is 18. The number of anilines is 6. The number of carbonyl (C=O) groups is 4. The third-order valence-corrected chi connectivity index (χ3v) is 16.0. The number of carbonyl (C=O) groups excluding carboxylic acids is 4. The Morgan fingerprint density at radius 1 is 0.275 bits per heavy atom. The SMILES string of the molecule is Nc1cc(C(c2ccc(O)c(NC(=O)c3ccc(Oc4ccc(C(=O)Nc5cc(C(c6ccc(O)c(NC(=O)c7cccc(C(=O)Nc8cc(C(c9ccc(O)c(N)c9)(C(F)(F)F)C(F)(F)F)ccc8O)c7)c6)(C(F)(F)F)C(F)(F)F)ccc5O)cc4)cc3)c2)(C(F)(F)F)C(F)(F)F)ccc1O. The zero-order chi connectivity index (χ0) is 75.4. The molecule has 9 rings (SSSR count). The lowest BCUT2D eigenvalue weighted by Crippen LogP contribution is -2.54. The Morgan fingerprint density at radius 3 is 0.716 bits per heavy atom. The van der Waals surface area contributed by atoms with Crippen molar-refractivity contribution in [2.24, 2.45) is 0 Å². The van der Waals surface area contributed by atoms with Crippen molar-refractivity contribution in [2.75, 3.05) is 32.7 Å². The highest BCUT2D eigenvalue weighted by atomic mass is 19.4. The molecule has 0 unspecified atom stereocenters. The van der Waals surface area contributed by atoms with Crippen LogP contribution in [0.1, 0.15) is 74.8 Å². The number of hydrogen-bond acceptors (Lipinski definition) is 13. The van der Waals surface area contributed by atoms with Gasteiger partial charge in [-0.25, -0.2) is 0 Å². The summed E-state index contributed by atoms with van der Waals surface area (Å²) in [5, 5.41) is 69.8. The van der Waals surface area contributed by atoms with E-state index >= 15 is 26.3 Å². The fourth-order valence-corrected chi connectivity index (χ4v) is 11.1. The van der Waals surface area contributed by atoms with Crippen molar-refractivity contribution in [3.8, 4) is 46.0 Å². The summed E-state index contributed by atoms with van der Waals surface area (Å²) in [6, 6.07) is 17.0. The Balaban J connectivity index is 0.910. The van der Waals surface area contributed by atoms with Gasteiger partial charge in [0.15, 0.2) is 0 Å².